The highest BCUT2D eigenvalue weighted by Gasteiger charge is 2.41. The molecule has 0 aromatic carbocycles. The van der Waals surface area contributed by atoms with Gasteiger partial charge < -0.3 is 9.53 Å². The van der Waals surface area contributed by atoms with Crippen LogP contribution in [0.2, 0.25) is 18.1 Å². The van der Waals surface area contributed by atoms with E-state index in [0.717, 1.165) is 23.5 Å². The summed E-state index contributed by atoms with van der Waals surface area (Å²) < 4.78 is 6.31. The van der Waals surface area contributed by atoms with Crippen LogP contribution in [0.1, 0.15) is 60.3 Å². The van der Waals surface area contributed by atoms with E-state index in [1.165, 1.54) is 31.9 Å². The molecule has 0 unspecified atom stereocenters. The number of aliphatic hydroxyl groups excluding tert-OH is 1. The van der Waals surface area contributed by atoms with Gasteiger partial charge in [0.2, 0.25) is 0 Å². The quantitative estimate of drug-likeness (QED) is 0.176. The van der Waals surface area contributed by atoms with Gasteiger partial charge in [0.1, 0.15) is 12.2 Å². The average molecular weight is 541 g/mol. The highest BCUT2D eigenvalue weighted by atomic mass is 28.4. The third kappa shape index (κ3) is 15.1. The molecule has 0 rings (SSSR count). The van der Waals surface area contributed by atoms with Gasteiger partial charge in [-0.15, -0.1) is 13.2 Å². The molecule has 0 fully saturated rings. The number of hydrogen-bond donors (Lipinski definition) is 1. The zero-order valence-electron chi connectivity index (χ0n) is 25.1. The summed E-state index contributed by atoms with van der Waals surface area (Å²) in [5.41, 5.74) is 2.27. The molecule has 0 aliphatic rings. The highest BCUT2D eigenvalue weighted by molar-refractivity contribution is 6.74. The summed E-state index contributed by atoms with van der Waals surface area (Å²) in [4.78, 5) is 33.5. The van der Waals surface area contributed by atoms with E-state index >= 15 is 0 Å². The van der Waals surface area contributed by atoms with Crippen LogP contribution in [0.5, 0.6) is 0 Å². The maximum atomic E-state index is 12.5. The number of hydroxylamine groups is 4. The molecule has 1 N–H and O–H groups in total. The normalized spacial score (nSPS) is 14.2. The molecule has 214 valence electrons. The Morgan fingerprint density at radius 1 is 0.892 bits per heavy atom. The summed E-state index contributed by atoms with van der Waals surface area (Å²) in [6.45, 7) is 22.1. The Kier molecular flexibility index (Phi) is 18.3. The molecular formula is C28H52N2O6Si. The van der Waals surface area contributed by atoms with Crippen LogP contribution >= 0.6 is 0 Å². The average Bonchev–Trinajstić information content (AvgIpc) is 2.83. The van der Waals surface area contributed by atoms with Crippen LogP contribution in [0, 0.1) is 0 Å². The number of carbonyl (C=O) groups excluding carboxylic acids is 2. The summed E-state index contributed by atoms with van der Waals surface area (Å²) in [6.07, 6.45) is 8.40. The number of aliphatic hydroxyl groups is 1. The first-order chi connectivity index (χ1) is 17.0. The standard InChI is InChI=1S/C17H33NO3Si.C11H19NO3/c1-10-11-14(2)12-13-15(16(19)18(6)20-7)21-22(8,9)17(3,4)5;1-5-6-9(2)7-8-10(13)11(14)12(3)15-4/h10,12,15H,1,11,13H2,2-9H3;5,7,10,13H,1,6,8H2,2-4H3/b14-12-;9-7-/t15-;10-/m00/s1. The fourth-order valence-electron chi connectivity index (χ4n) is 2.67. The minimum Gasteiger partial charge on any atom is -0.405 e. The highest BCUT2D eigenvalue weighted by Crippen LogP contribution is 2.38. The van der Waals surface area contributed by atoms with Crippen LogP contribution in [0.15, 0.2) is 48.6 Å². The van der Waals surface area contributed by atoms with Gasteiger partial charge in [0.05, 0.1) is 14.2 Å². The second-order valence-corrected chi connectivity index (χ2v) is 15.2. The molecule has 0 bridgehead atoms. The third-order valence-corrected chi connectivity index (χ3v) is 10.8. The zero-order chi connectivity index (χ0) is 29.4. The summed E-state index contributed by atoms with van der Waals surface area (Å²) in [7, 11) is 3.91. The van der Waals surface area contributed by atoms with Crippen molar-refractivity contribution in [2.75, 3.05) is 28.3 Å². The monoisotopic (exact) mass is 540 g/mol. The topological polar surface area (TPSA) is 88.5 Å². The van der Waals surface area contributed by atoms with Gasteiger partial charge in [0.25, 0.3) is 11.8 Å². The summed E-state index contributed by atoms with van der Waals surface area (Å²) in [5, 5.41) is 11.8. The summed E-state index contributed by atoms with van der Waals surface area (Å²) in [6, 6.07) is 0. The van der Waals surface area contributed by atoms with Crippen LogP contribution in [0.4, 0.5) is 0 Å². The minimum absolute atomic E-state index is 0.0526. The number of rotatable bonds is 14. The maximum absolute atomic E-state index is 12.5. The molecule has 0 aromatic rings. The van der Waals surface area contributed by atoms with Gasteiger partial charge in [-0.2, -0.15) is 0 Å². The van der Waals surface area contributed by atoms with Crippen LogP contribution in [0.3, 0.4) is 0 Å². The fraction of sp³-hybridized carbons (Fsp3) is 0.643. The smallest absolute Gasteiger partial charge is 0.274 e. The Labute approximate surface area is 226 Å². The lowest BCUT2D eigenvalue weighted by molar-refractivity contribution is -0.177. The van der Waals surface area contributed by atoms with Gasteiger partial charge in [-0.05, 0) is 51.2 Å². The van der Waals surface area contributed by atoms with Gasteiger partial charge >= 0.3 is 0 Å². The van der Waals surface area contributed by atoms with Gasteiger partial charge in [-0.3, -0.25) is 19.3 Å². The van der Waals surface area contributed by atoms with Crippen molar-refractivity contribution in [1.82, 2.24) is 10.1 Å². The number of hydrogen-bond acceptors (Lipinski definition) is 6. The van der Waals surface area contributed by atoms with E-state index < -0.39 is 26.4 Å². The second-order valence-electron chi connectivity index (χ2n) is 10.5. The van der Waals surface area contributed by atoms with E-state index in [1.54, 1.807) is 13.1 Å². The van der Waals surface area contributed by atoms with E-state index in [-0.39, 0.29) is 10.9 Å². The molecule has 0 aromatic heterocycles. The van der Waals surface area contributed by atoms with Crippen molar-refractivity contribution in [3.8, 4) is 0 Å². The van der Waals surface area contributed by atoms with E-state index in [2.05, 4.69) is 57.9 Å². The van der Waals surface area contributed by atoms with Crippen molar-refractivity contribution >= 4 is 20.1 Å². The Morgan fingerprint density at radius 3 is 1.68 bits per heavy atom. The summed E-state index contributed by atoms with van der Waals surface area (Å²) in [5.74, 6) is -0.588. The lowest BCUT2D eigenvalue weighted by Crippen LogP contribution is -2.48. The number of likely N-dealkylation sites (N-methyl/N-ethyl adjacent to an activating group) is 2. The molecule has 0 heterocycles. The number of nitrogens with zero attached hydrogens (tertiary/aromatic N) is 2. The molecule has 0 saturated heterocycles. The Morgan fingerprint density at radius 2 is 1.30 bits per heavy atom. The predicted molar refractivity (Wildman–Crippen MR) is 154 cm³/mol. The van der Waals surface area contributed by atoms with E-state index in [9.17, 15) is 14.7 Å². The van der Waals surface area contributed by atoms with Crippen LogP contribution in [-0.2, 0) is 23.7 Å². The predicted octanol–water partition coefficient (Wildman–Crippen LogP) is 5.59. The Hall–Kier alpha value is -2.04. The molecule has 2 atom stereocenters. The van der Waals surface area contributed by atoms with Crippen molar-refractivity contribution in [1.29, 1.82) is 0 Å². The molecule has 2 amide bonds. The van der Waals surface area contributed by atoms with Gasteiger partial charge in [0, 0.05) is 20.5 Å². The van der Waals surface area contributed by atoms with Crippen molar-refractivity contribution in [3.63, 3.8) is 0 Å². The third-order valence-electron chi connectivity index (χ3n) is 6.27. The summed E-state index contributed by atoms with van der Waals surface area (Å²) >= 11 is 0. The fourth-order valence-corrected chi connectivity index (χ4v) is 3.93. The molecular weight excluding hydrogens is 488 g/mol. The molecule has 0 saturated carbocycles. The zero-order valence-corrected chi connectivity index (χ0v) is 26.1. The van der Waals surface area contributed by atoms with Crippen molar-refractivity contribution in [3.05, 3.63) is 48.6 Å². The maximum Gasteiger partial charge on any atom is 0.274 e. The largest absolute Gasteiger partial charge is 0.405 e. The van der Waals surface area contributed by atoms with Gasteiger partial charge in [-0.1, -0.05) is 56.2 Å². The van der Waals surface area contributed by atoms with E-state index in [0.29, 0.717) is 12.8 Å². The molecule has 0 radical (unpaired) electrons. The van der Waals surface area contributed by atoms with Gasteiger partial charge in [0.15, 0.2) is 8.32 Å². The molecule has 9 heteroatoms. The molecule has 0 aliphatic carbocycles. The lowest BCUT2D eigenvalue weighted by Gasteiger charge is -2.39. The second kappa shape index (κ2) is 18.2. The number of allylic oxidation sites excluding steroid dienone is 4. The Balaban J connectivity index is 0. The molecule has 0 aliphatic heterocycles. The van der Waals surface area contributed by atoms with Crippen LogP contribution in [0.25, 0.3) is 0 Å². The lowest BCUT2D eigenvalue weighted by atomic mass is 10.1. The van der Waals surface area contributed by atoms with Crippen LogP contribution < -0.4 is 0 Å². The van der Waals surface area contributed by atoms with Crippen molar-refractivity contribution in [2.45, 2.75) is 90.6 Å². The van der Waals surface area contributed by atoms with Crippen molar-refractivity contribution < 1.29 is 28.8 Å². The van der Waals surface area contributed by atoms with Crippen molar-refractivity contribution in [2.24, 2.45) is 0 Å². The minimum atomic E-state index is -2.03. The van der Waals surface area contributed by atoms with Gasteiger partial charge in [-0.25, -0.2) is 10.1 Å². The first-order valence-corrected chi connectivity index (χ1v) is 15.4. The Bertz CT molecular complexity index is 786. The molecule has 37 heavy (non-hydrogen) atoms. The first kappa shape index (κ1) is 37.1. The number of carbonyl (C=O) groups is 2. The van der Waals surface area contributed by atoms with Crippen LogP contribution in [-0.4, -0.2) is 75.9 Å². The van der Waals surface area contributed by atoms with E-state index in [1.807, 2.05) is 26.0 Å². The number of amides is 2. The van der Waals surface area contributed by atoms with E-state index in [4.69, 9.17) is 9.26 Å². The molecule has 0 spiro atoms. The molecule has 8 nitrogen and oxygen atoms in total. The SMILES string of the molecule is C=CC/C(C)=C\C[C@H](O)C(=O)N(C)OC.C=CC/C(C)=C\C[C@H](O[Si](C)(C)C(C)(C)C)C(=O)N(C)OC. The first-order valence-electron chi connectivity index (χ1n) is 12.5.